The number of para-hydroxylation sites is 1. The number of hydrogen-bond acceptors (Lipinski definition) is 5. The molecule has 82 valence electrons. The second kappa shape index (κ2) is 4.14. The van der Waals surface area contributed by atoms with E-state index in [1.54, 1.807) is 6.92 Å². The first kappa shape index (κ1) is 10.4. The van der Waals surface area contributed by atoms with Gasteiger partial charge in [-0.2, -0.15) is 15.0 Å². The molecule has 1 heterocycles. The molecule has 0 bridgehead atoms. The molecule has 1 aromatic heterocycles. The van der Waals surface area contributed by atoms with E-state index in [0.29, 0.717) is 11.8 Å². The number of nitrogens with one attached hydrogen (secondary N) is 1. The summed E-state index contributed by atoms with van der Waals surface area (Å²) in [7, 11) is 0. The highest BCUT2D eigenvalue weighted by Crippen LogP contribution is 2.17. The van der Waals surface area contributed by atoms with Crippen molar-refractivity contribution in [2.24, 2.45) is 0 Å². The summed E-state index contributed by atoms with van der Waals surface area (Å²) in [6, 6.07) is 7.91. The minimum atomic E-state index is 0.226. The van der Waals surface area contributed by atoms with Crippen molar-refractivity contribution in [2.45, 2.75) is 13.8 Å². The zero-order chi connectivity index (χ0) is 11.5. The minimum absolute atomic E-state index is 0.226. The average molecular weight is 215 g/mol. The van der Waals surface area contributed by atoms with Crippen LogP contribution in [0.25, 0.3) is 0 Å². The topological polar surface area (TPSA) is 76.7 Å². The summed E-state index contributed by atoms with van der Waals surface area (Å²) >= 11 is 0. The number of anilines is 3. The zero-order valence-corrected chi connectivity index (χ0v) is 9.23. The maximum Gasteiger partial charge on any atom is 0.232 e. The number of rotatable bonds is 2. The molecule has 0 spiro atoms. The van der Waals surface area contributed by atoms with Gasteiger partial charge in [0.15, 0.2) is 0 Å². The van der Waals surface area contributed by atoms with Crippen LogP contribution in [0, 0.1) is 13.8 Å². The molecule has 0 aliphatic heterocycles. The molecule has 3 N–H and O–H groups in total. The van der Waals surface area contributed by atoms with Crippen LogP contribution in [-0.4, -0.2) is 15.0 Å². The van der Waals surface area contributed by atoms with Gasteiger partial charge in [-0.25, -0.2) is 0 Å². The summed E-state index contributed by atoms with van der Waals surface area (Å²) in [5.41, 5.74) is 7.64. The molecule has 0 fully saturated rings. The summed E-state index contributed by atoms with van der Waals surface area (Å²) < 4.78 is 0. The van der Waals surface area contributed by atoms with Gasteiger partial charge in [-0.15, -0.1) is 0 Å². The fourth-order valence-corrected chi connectivity index (χ4v) is 1.39. The smallest absolute Gasteiger partial charge is 0.232 e. The largest absolute Gasteiger partial charge is 0.368 e. The molecule has 16 heavy (non-hydrogen) atoms. The molecule has 0 saturated carbocycles. The van der Waals surface area contributed by atoms with Crippen LogP contribution in [0.1, 0.15) is 11.4 Å². The van der Waals surface area contributed by atoms with Crippen molar-refractivity contribution in [2.75, 3.05) is 11.1 Å². The first-order valence-corrected chi connectivity index (χ1v) is 4.96. The molecule has 0 atom stereocenters. The van der Waals surface area contributed by atoms with Gasteiger partial charge in [0.05, 0.1) is 0 Å². The lowest BCUT2D eigenvalue weighted by molar-refractivity contribution is 0.995. The van der Waals surface area contributed by atoms with Gasteiger partial charge in [0.1, 0.15) is 5.82 Å². The lowest BCUT2D eigenvalue weighted by atomic mass is 10.2. The third-order valence-corrected chi connectivity index (χ3v) is 2.16. The van der Waals surface area contributed by atoms with E-state index in [-0.39, 0.29) is 5.95 Å². The molecule has 2 rings (SSSR count). The highest BCUT2D eigenvalue weighted by Gasteiger charge is 2.02. The van der Waals surface area contributed by atoms with E-state index in [0.717, 1.165) is 11.3 Å². The Balaban J connectivity index is 2.30. The van der Waals surface area contributed by atoms with Gasteiger partial charge in [-0.1, -0.05) is 18.2 Å². The van der Waals surface area contributed by atoms with E-state index in [1.165, 1.54) is 0 Å². The lowest BCUT2D eigenvalue weighted by Gasteiger charge is -2.08. The van der Waals surface area contributed by atoms with Gasteiger partial charge < -0.3 is 11.1 Å². The third kappa shape index (κ3) is 2.25. The molecule has 0 aliphatic rings. The van der Waals surface area contributed by atoms with E-state index >= 15 is 0 Å². The van der Waals surface area contributed by atoms with Gasteiger partial charge in [0.25, 0.3) is 0 Å². The standard InChI is InChI=1S/C11H13N5/c1-7-5-3-4-6-9(7)15-11-14-8(2)13-10(12)16-11/h3-6H,1-2H3,(H3,12,13,14,15,16). The van der Waals surface area contributed by atoms with Crippen molar-refractivity contribution in [3.63, 3.8) is 0 Å². The SMILES string of the molecule is Cc1nc(N)nc(Nc2ccccc2C)n1. The Bertz CT molecular complexity index is 489. The monoisotopic (exact) mass is 215 g/mol. The molecule has 0 radical (unpaired) electrons. The lowest BCUT2D eigenvalue weighted by Crippen LogP contribution is -2.05. The Labute approximate surface area is 93.8 Å². The van der Waals surface area contributed by atoms with Crippen LogP contribution in [0.15, 0.2) is 24.3 Å². The van der Waals surface area contributed by atoms with Crippen LogP contribution in [0.4, 0.5) is 17.6 Å². The molecular formula is C11H13N5. The first-order valence-electron chi connectivity index (χ1n) is 4.96. The Morgan fingerprint density at radius 2 is 1.81 bits per heavy atom. The second-order valence-corrected chi connectivity index (χ2v) is 3.50. The van der Waals surface area contributed by atoms with E-state index in [4.69, 9.17) is 5.73 Å². The Morgan fingerprint density at radius 3 is 2.50 bits per heavy atom. The van der Waals surface area contributed by atoms with Crippen molar-refractivity contribution in [3.05, 3.63) is 35.7 Å². The fraction of sp³-hybridized carbons (Fsp3) is 0.182. The molecule has 0 unspecified atom stereocenters. The van der Waals surface area contributed by atoms with Gasteiger partial charge in [-0.3, -0.25) is 0 Å². The van der Waals surface area contributed by atoms with Gasteiger partial charge in [0, 0.05) is 5.69 Å². The Hall–Kier alpha value is -2.17. The van der Waals surface area contributed by atoms with Crippen LogP contribution in [-0.2, 0) is 0 Å². The second-order valence-electron chi connectivity index (χ2n) is 3.50. The number of nitrogen functional groups attached to an aromatic ring is 1. The number of nitrogens with two attached hydrogens (primary N) is 1. The van der Waals surface area contributed by atoms with Crippen LogP contribution in [0.2, 0.25) is 0 Å². The number of hydrogen-bond donors (Lipinski definition) is 2. The predicted octanol–water partition coefficient (Wildman–Crippen LogP) is 1.81. The van der Waals surface area contributed by atoms with Gasteiger partial charge in [-0.05, 0) is 25.5 Å². The predicted molar refractivity (Wildman–Crippen MR) is 63.4 cm³/mol. The summed E-state index contributed by atoms with van der Waals surface area (Å²) in [6.45, 7) is 3.79. The highest BCUT2D eigenvalue weighted by atomic mass is 15.2. The zero-order valence-electron chi connectivity index (χ0n) is 9.23. The summed E-state index contributed by atoms with van der Waals surface area (Å²) in [6.07, 6.45) is 0. The number of aromatic nitrogens is 3. The van der Waals surface area contributed by atoms with Crippen LogP contribution in [0.5, 0.6) is 0 Å². The summed E-state index contributed by atoms with van der Waals surface area (Å²) in [4.78, 5) is 12.1. The Kier molecular flexibility index (Phi) is 2.68. The van der Waals surface area contributed by atoms with Crippen molar-refractivity contribution >= 4 is 17.6 Å². The third-order valence-electron chi connectivity index (χ3n) is 2.16. The summed E-state index contributed by atoms with van der Waals surface area (Å²) in [5.74, 6) is 1.30. The van der Waals surface area contributed by atoms with Gasteiger partial charge >= 0.3 is 0 Å². The Morgan fingerprint density at radius 1 is 1.06 bits per heavy atom. The maximum atomic E-state index is 5.55. The van der Waals surface area contributed by atoms with Crippen molar-refractivity contribution in [1.29, 1.82) is 0 Å². The van der Waals surface area contributed by atoms with Gasteiger partial charge in [0.2, 0.25) is 11.9 Å². The van der Waals surface area contributed by atoms with Crippen molar-refractivity contribution < 1.29 is 0 Å². The van der Waals surface area contributed by atoms with E-state index < -0.39 is 0 Å². The van der Waals surface area contributed by atoms with Crippen LogP contribution < -0.4 is 11.1 Å². The van der Waals surface area contributed by atoms with Crippen molar-refractivity contribution in [3.8, 4) is 0 Å². The number of benzene rings is 1. The number of nitrogens with zero attached hydrogens (tertiary/aromatic N) is 3. The van der Waals surface area contributed by atoms with Crippen molar-refractivity contribution in [1.82, 2.24) is 15.0 Å². The minimum Gasteiger partial charge on any atom is -0.368 e. The molecule has 0 amide bonds. The van der Waals surface area contributed by atoms with Crippen LogP contribution in [0.3, 0.4) is 0 Å². The molecule has 5 heteroatoms. The van der Waals surface area contributed by atoms with E-state index in [1.807, 2.05) is 31.2 Å². The molecule has 0 saturated heterocycles. The first-order chi connectivity index (χ1) is 7.65. The molecule has 0 aliphatic carbocycles. The van der Waals surface area contributed by atoms with E-state index in [2.05, 4.69) is 20.3 Å². The molecule has 1 aromatic carbocycles. The molecule has 2 aromatic rings. The quantitative estimate of drug-likeness (QED) is 0.799. The normalized spacial score (nSPS) is 10.1. The molecule has 5 nitrogen and oxygen atoms in total. The fourth-order valence-electron chi connectivity index (χ4n) is 1.39. The van der Waals surface area contributed by atoms with Crippen LogP contribution >= 0.6 is 0 Å². The summed E-state index contributed by atoms with van der Waals surface area (Å²) in [5, 5.41) is 3.11. The van der Waals surface area contributed by atoms with E-state index in [9.17, 15) is 0 Å². The average Bonchev–Trinajstić information content (AvgIpc) is 2.20. The number of aryl methyl sites for hydroxylation is 2. The molecular weight excluding hydrogens is 202 g/mol. The highest BCUT2D eigenvalue weighted by molar-refractivity contribution is 5.58. The maximum absolute atomic E-state index is 5.55.